The Balaban J connectivity index is 2.14. The largest absolute Gasteiger partial charge is 0.393 e. The summed E-state index contributed by atoms with van der Waals surface area (Å²) in [5.41, 5.74) is 9.06. The van der Waals surface area contributed by atoms with E-state index in [1.165, 1.54) is 11.1 Å². The van der Waals surface area contributed by atoms with Gasteiger partial charge in [0.2, 0.25) is 0 Å². The number of nitrogens with zero attached hydrogens (tertiary/aromatic N) is 1. The van der Waals surface area contributed by atoms with Gasteiger partial charge in [-0.1, -0.05) is 36.8 Å². The lowest BCUT2D eigenvalue weighted by molar-refractivity contribution is 0.0495. The fourth-order valence-electron chi connectivity index (χ4n) is 3.49. The van der Waals surface area contributed by atoms with Gasteiger partial charge in [0, 0.05) is 12.1 Å². The highest BCUT2D eigenvalue weighted by atomic mass is 16.3. The highest BCUT2D eigenvalue weighted by Gasteiger charge is 2.30. The summed E-state index contributed by atoms with van der Waals surface area (Å²) in [7, 11) is 0. The van der Waals surface area contributed by atoms with Crippen LogP contribution in [0.2, 0.25) is 0 Å². The van der Waals surface area contributed by atoms with Crippen molar-refractivity contribution >= 4 is 0 Å². The first kappa shape index (κ1) is 16.5. The molecule has 3 heteroatoms. The van der Waals surface area contributed by atoms with Gasteiger partial charge >= 0.3 is 0 Å². The quantitative estimate of drug-likeness (QED) is 0.876. The predicted molar refractivity (Wildman–Crippen MR) is 88.2 cm³/mol. The lowest BCUT2D eigenvalue weighted by atomic mass is 9.88. The highest BCUT2D eigenvalue weighted by Crippen LogP contribution is 2.31. The molecule has 1 aromatic carbocycles. The molecule has 1 aliphatic heterocycles. The molecule has 3 nitrogen and oxygen atoms in total. The summed E-state index contributed by atoms with van der Waals surface area (Å²) in [4.78, 5) is 2.52. The molecule has 1 fully saturated rings. The number of piperidine rings is 1. The second-order valence-corrected chi connectivity index (χ2v) is 6.55. The molecule has 1 aliphatic rings. The van der Waals surface area contributed by atoms with Gasteiger partial charge < -0.3 is 10.8 Å². The van der Waals surface area contributed by atoms with E-state index in [-0.39, 0.29) is 12.1 Å². The van der Waals surface area contributed by atoms with E-state index in [1.807, 2.05) is 6.92 Å². The van der Waals surface area contributed by atoms with Crippen LogP contribution in [0.5, 0.6) is 0 Å². The third kappa shape index (κ3) is 4.06. The monoisotopic (exact) mass is 290 g/mol. The van der Waals surface area contributed by atoms with E-state index in [0.717, 1.165) is 32.4 Å². The molecule has 0 bridgehead atoms. The Bertz CT molecular complexity index is 439. The Morgan fingerprint density at radius 1 is 1.33 bits per heavy atom. The number of rotatable bonds is 5. The van der Waals surface area contributed by atoms with Gasteiger partial charge in [-0.25, -0.2) is 0 Å². The maximum Gasteiger partial charge on any atom is 0.0541 e. The molecule has 0 amide bonds. The summed E-state index contributed by atoms with van der Waals surface area (Å²) in [6, 6.07) is 9.19. The normalized spacial score (nSPS) is 22.0. The molecule has 21 heavy (non-hydrogen) atoms. The average Bonchev–Trinajstić information content (AvgIpc) is 2.48. The van der Waals surface area contributed by atoms with E-state index in [0.29, 0.717) is 12.0 Å². The molecule has 0 aromatic heterocycles. The van der Waals surface area contributed by atoms with E-state index >= 15 is 0 Å². The first-order chi connectivity index (χ1) is 10.0. The van der Waals surface area contributed by atoms with E-state index in [9.17, 15) is 5.11 Å². The highest BCUT2D eigenvalue weighted by molar-refractivity contribution is 5.26. The number of hydrogen-bond donors (Lipinski definition) is 2. The zero-order valence-electron chi connectivity index (χ0n) is 13.6. The van der Waals surface area contributed by atoms with Crippen molar-refractivity contribution in [3.05, 3.63) is 35.4 Å². The Labute approximate surface area is 129 Å². The smallest absolute Gasteiger partial charge is 0.0541 e. The van der Waals surface area contributed by atoms with Crippen molar-refractivity contribution in [3.63, 3.8) is 0 Å². The van der Waals surface area contributed by atoms with Crippen molar-refractivity contribution in [2.45, 2.75) is 58.2 Å². The number of aliphatic hydroxyl groups is 1. The first-order valence-corrected chi connectivity index (χ1v) is 8.27. The molecular weight excluding hydrogens is 260 g/mol. The minimum atomic E-state index is -0.190. The van der Waals surface area contributed by atoms with Crippen LogP contribution in [0.25, 0.3) is 0 Å². The number of likely N-dealkylation sites (tertiary alicyclic amines) is 1. The number of hydrogen-bond acceptors (Lipinski definition) is 3. The molecule has 3 atom stereocenters. The van der Waals surface area contributed by atoms with Crippen molar-refractivity contribution in [3.8, 4) is 0 Å². The van der Waals surface area contributed by atoms with Crippen LogP contribution in [0.4, 0.5) is 0 Å². The summed E-state index contributed by atoms with van der Waals surface area (Å²) in [5.74, 6) is 0.442. The number of aryl methyl sites for hydroxylation is 1. The maximum atomic E-state index is 9.77. The van der Waals surface area contributed by atoms with Gasteiger partial charge in [-0.15, -0.1) is 0 Å². The Morgan fingerprint density at radius 2 is 2.00 bits per heavy atom. The third-order valence-corrected chi connectivity index (χ3v) is 4.91. The molecule has 1 saturated heterocycles. The van der Waals surface area contributed by atoms with E-state index in [1.54, 1.807) is 0 Å². The van der Waals surface area contributed by atoms with Crippen LogP contribution >= 0.6 is 0 Å². The van der Waals surface area contributed by atoms with E-state index in [2.05, 4.69) is 43.0 Å². The Kier molecular flexibility index (Phi) is 5.80. The molecule has 0 radical (unpaired) electrons. The van der Waals surface area contributed by atoms with Gasteiger partial charge in [0.05, 0.1) is 6.10 Å². The molecule has 3 N–H and O–H groups in total. The molecule has 1 heterocycles. The van der Waals surface area contributed by atoms with Crippen LogP contribution < -0.4 is 5.73 Å². The van der Waals surface area contributed by atoms with Gasteiger partial charge in [-0.3, -0.25) is 4.90 Å². The second kappa shape index (κ2) is 7.39. The summed E-state index contributed by atoms with van der Waals surface area (Å²) in [5, 5.41) is 9.77. The Hall–Kier alpha value is -0.900. The van der Waals surface area contributed by atoms with Crippen molar-refractivity contribution in [1.29, 1.82) is 0 Å². The Morgan fingerprint density at radius 3 is 2.52 bits per heavy atom. The van der Waals surface area contributed by atoms with Crippen molar-refractivity contribution in [2.75, 3.05) is 13.1 Å². The molecule has 0 spiro atoms. The molecule has 3 unspecified atom stereocenters. The lowest BCUT2D eigenvalue weighted by Crippen LogP contribution is -2.45. The van der Waals surface area contributed by atoms with Crippen molar-refractivity contribution < 1.29 is 5.11 Å². The minimum Gasteiger partial charge on any atom is -0.393 e. The van der Waals surface area contributed by atoms with E-state index in [4.69, 9.17) is 5.73 Å². The molecule has 0 aliphatic carbocycles. The van der Waals surface area contributed by atoms with Gasteiger partial charge in [0.15, 0.2) is 0 Å². The molecule has 1 aromatic rings. The van der Waals surface area contributed by atoms with Crippen LogP contribution in [-0.2, 0) is 0 Å². The van der Waals surface area contributed by atoms with Gasteiger partial charge in [-0.05, 0) is 57.7 Å². The fourth-order valence-corrected chi connectivity index (χ4v) is 3.49. The average molecular weight is 290 g/mol. The zero-order chi connectivity index (χ0) is 15.4. The lowest BCUT2D eigenvalue weighted by Gasteiger charge is -2.41. The van der Waals surface area contributed by atoms with Gasteiger partial charge in [0.25, 0.3) is 0 Å². The summed E-state index contributed by atoms with van der Waals surface area (Å²) < 4.78 is 0. The summed E-state index contributed by atoms with van der Waals surface area (Å²) in [6.45, 7) is 8.27. The van der Waals surface area contributed by atoms with Crippen molar-refractivity contribution in [1.82, 2.24) is 4.90 Å². The van der Waals surface area contributed by atoms with Gasteiger partial charge in [0.1, 0.15) is 0 Å². The summed E-state index contributed by atoms with van der Waals surface area (Å²) in [6.07, 6.45) is 2.92. The van der Waals surface area contributed by atoms with Crippen LogP contribution in [0.15, 0.2) is 24.3 Å². The fraction of sp³-hybridized carbons (Fsp3) is 0.667. The van der Waals surface area contributed by atoms with Crippen LogP contribution in [0.3, 0.4) is 0 Å². The molecule has 2 rings (SSSR count). The standard InChI is InChI=1S/C18H30N2O/c1-4-17(19)18(16-7-5-6-13(2)12-16)20-10-8-15(9-11-20)14(3)21/h5-7,12,14-15,17-18,21H,4,8-11,19H2,1-3H3. The first-order valence-electron chi connectivity index (χ1n) is 8.27. The minimum absolute atomic E-state index is 0.162. The second-order valence-electron chi connectivity index (χ2n) is 6.55. The van der Waals surface area contributed by atoms with Gasteiger partial charge in [-0.2, -0.15) is 0 Å². The van der Waals surface area contributed by atoms with Crippen LogP contribution in [-0.4, -0.2) is 35.2 Å². The van der Waals surface area contributed by atoms with E-state index < -0.39 is 0 Å². The number of aliphatic hydroxyl groups excluding tert-OH is 1. The number of nitrogens with two attached hydrogens (primary N) is 1. The van der Waals surface area contributed by atoms with Crippen molar-refractivity contribution in [2.24, 2.45) is 11.7 Å². The topological polar surface area (TPSA) is 49.5 Å². The zero-order valence-corrected chi connectivity index (χ0v) is 13.6. The SMILES string of the molecule is CCC(N)C(c1cccc(C)c1)N1CCC(C(C)O)CC1. The van der Waals surface area contributed by atoms with Crippen LogP contribution in [0, 0.1) is 12.8 Å². The predicted octanol–water partition coefficient (Wildman–Crippen LogP) is 2.87. The van der Waals surface area contributed by atoms with Crippen LogP contribution in [0.1, 0.15) is 50.3 Å². The third-order valence-electron chi connectivity index (χ3n) is 4.91. The molecule has 118 valence electrons. The maximum absolute atomic E-state index is 9.77. The number of benzene rings is 1. The molecule has 0 saturated carbocycles. The summed E-state index contributed by atoms with van der Waals surface area (Å²) >= 11 is 0. The molecular formula is C18H30N2O.